The average Bonchev–Trinajstić information content (AvgIpc) is 2.68. The van der Waals surface area contributed by atoms with Crippen LogP contribution < -0.4 is 0 Å². The summed E-state index contributed by atoms with van der Waals surface area (Å²) in [4.78, 5) is 17.7. The number of hydrogen-bond acceptors (Lipinski definition) is 4. The molecule has 0 N–H and O–H groups in total. The average molecular weight is 344 g/mol. The van der Waals surface area contributed by atoms with Gasteiger partial charge in [-0.1, -0.05) is 50.2 Å². The SMILES string of the molecule is CCc1nc(C)c2ccccc2n1.CCc1nc(C)c2ccccc2n1. The molecule has 4 rings (SSSR count). The lowest BCUT2D eigenvalue weighted by Crippen LogP contribution is -1.96. The smallest absolute Gasteiger partial charge is 0.129 e. The molecule has 4 aromatic rings. The van der Waals surface area contributed by atoms with E-state index in [1.807, 2.05) is 50.2 Å². The van der Waals surface area contributed by atoms with E-state index in [4.69, 9.17) is 0 Å². The van der Waals surface area contributed by atoms with E-state index in [0.717, 1.165) is 57.7 Å². The number of nitrogens with zero attached hydrogens (tertiary/aromatic N) is 4. The van der Waals surface area contributed by atoms with Gasteiger partial charge in [0, 0.05) is 35.0 Å². The number of aromatic nitrogens is 4. The predicted molar refractivity (Wildman–Crippen MR) is 107 cm³/mol. The lowest BCUT2D eigenvalue weighted by molar-refractivity contribution is 0.941. The molecular weight excluding hydrogens is 320 g/mol. The first-order valence-electron chi connectivity index (χ1n) is 9.06. The van der Waals surface area contributed by atoms with Crippen LogP contribution in [0.3, 0.4) is 0 Å². The summed E-state index contributed by atoms with van der Waals surface area (Å²) in [5.74, 6) is 1.85. The summed E-state index contributed by atoms with van der Waals surface area (Å²) in [5, 5.41) is 2.31. The minimum atomic E-state index is 0.895. The van der Waals surface area contributed by atoms with Crippen molar-refractivity contribution in [1.82, 2.24) is 19.9 Å². The maximum absolute atomic E-state index is 4.44. The van der Waals surface area contributed by atoms with E-state index in [1.54, 1.807) is 0 Å². The van der Waals surface area contributed by atoms with Gasteiger partial charge in [0.05, 0.1) is 11.0 Å². The van der Waals surface area contributed by atoms with Gasteiger partial charge in [0.2, 0.25) is 0 Å². The van der Waals surface area contributed by atoms with Crippen LogP contribution >= 0.6 is 0 Å². The summed E-state index contributed by atoms with van der Waals surface area (Å²) < 4.78 is 0. The summed E-state index contributed by atoms with van der Waals surface area (Å²) >= 11 is 0. The maximum atomic E-state index is 4.44. The Morgan fingerprint density at radius 2 is 0.962 bits per heavy atom. The fourth-order valence-corrected chi connectivity index (χ4v) is 2.91. The van der Waals surface area contributed by atoms with Crippen LogP contribution in [0, 0.1) is 13.8 Å². The second-order valence-electron chi connectivity index (χ2n) is 6.19. The largest absolute Gasteiger partial charge is 0.238 e. The van der Waals surface area contributed by atoms with E-state index in [-0.39, 0.29) is 0 Å². The molecule has 0 unspecified atom stereocenters. The fourth-order valence-electron chi connectivity index (χ4n) is 2.91. The molecule has 2 aromatic heterocycles. The fraction of sp³-hybridized carbons (Fsp3) is 0.273. The summed E-state index contributed by atoms with van der Waals surface area (Å²) in [6, 6.07) is 16.2. The Balaban J connectivity index is 0.000000151. The first-order valence-corrected chi connectivity index (χ1v) is 9.06. The Morgan fingerprint density at radius 3 is 1.35 bits per heavy atom. The maximum Gasteiger partial charge on any atom is 0.129 e. The Hall–Kier alpha value is -2.88. The molecule has 2 heterocycles. The van der Waals surface area contributed by atoms with Gasteiger partial charge in [-0.2, -0.15) is 0 Å². The minimum absolute atomic E-state index is 0.895. The molecule has 0 aliphatic heterocycles. The van der Waals surface area contributed by atoms with Crippen molar-refractivity contribution in [2.45, 2.75) is 40.5 Å². The van der Waals surface area contributed by atoms with Crippen LogP contribution in [0.2, 0.25) is 0 Å². The Bertz CT molecular complexity index is 955. The molecule has 2 aromatic carbocycles. The van der Waals surface area contributed by atoms with Crippen LogP contribution in [0.25, 0.3) is 21.8 Å². The summed E-state index contributed by atoms with van der Waals surface area (Å²) in [7, 11) is 0. The molecule has 0 radical (unpaired) electrons. The van der Waals surface area contributed by atoms with Crippen LogP contribution in [0.1, 0.15) is 36.9 Å². The molecule has 132 valence electrons. The van der Waals surface area contributed by atoms with E-state index in [9.17, 15) is 0 Å². The van der Waals surface area contributed by atoms with Gasteiger partial charge in [0.1, 0.15) is 11.6 Å². The first kappa shape index (κ1) is 17.9. The quantitative estimate of drug-likeness (QED) is 0.513. The predicted octanol–water partition coefficient (Wildman–Crippen LogP) is 5.00. The van der Waals surface area contributed by atoms with Crippen molar-refractivity contribution in [3.05, 3.63) is 71.6 Å². The normalized spacial score (nSPS) is 10.6. The highest BCUT2D eigenvalue weighted by Crippen LogP contribution is 2.15. The zero-order valence-corrected chi connectivity index (χ0v) is 15.8. The van der Waals surface area contributed by atoms with E-state index >= 15 is 0 Å². The highest BCUT2D eigenvalue weighted by atomic mass is 14.9. The van der Waals surface area contributed by atoms with Crippen LogP contribution in [0.5, 0.6) is 0 Å². The molecule has 4 nitrogen and oxygen atoms in total. The number of para-hydroxylation sites is 2. The third-order valence-electron chi connectivity index (χ3n) is 4.31. The van der Waals surface area contributed by atoms with Crippen LogP contribution in [0.15, 0.2) is 48.5 Å². The third-order valence-corrected chi connectivity index (χ3v) is 4.31. The van der Waals surface area contributed by atoms with Crippen LogP contribution in [0.4, 0.5) is 0 Å². The van der Waals surface area contributed by atoms with Gasteiger partial charge in [-0.3, -0.25) is 0 Å². The molecule has 4 heteroatoms. The summed E-state index contributed by atoms with van der Waals surface area (Å²) in [6.45, 7) is 8.21. The van der Waals surface area contributed by atoms with Gasteiger partial charge >= 0.3 is 0 Å². The molecule has 0 saturated heterocycles. The molecule has 26 heavy (non-hydrogen) atoms. The summed E-state index contributed by atoms with van der Waals surface area (Å²) in [5.41, 5.74) is 4.24. The van der Waals surface area contributed by atoms with E-state index < -0.39 is 0 Å². The van der Waals surface area contributed by atoms with E-state index in [0.29, 0.717) is 0 Å². The molecule has 0 spiro atoms. The van der Waals surface area contributed by atoms with Crippen molar-refractivity contribution in [1.29, 1.82) is 0 Å². The number of hydrogen-bond donors (Lipinski definition) is 0. The van der Waals surface area contributed by atoms with Gasteiger partial charge in [-0.25, -0.2) is 19.9 Å². The third kappa shape index (κ3) is 3.85. The minimum Gasteiger partial charge on any atom is -0.238 e. The van der Waals surface area contributed by atoms with Gasteiger partial charge in [-0.05, 0) is 26.0 Å². The van der Waals surface area contributed by atoms with Crippen LogP contribution in [-0.4, -0.2) is 19.9 Å². The topological polar surface area (TPSA) is 51.6 Å². The lowest BCUT2D eigenvalue weighted by Gasteiger charge is -2.02. The molecular formula is C22H24N4. The molecule has 0 fully saturated rings. The van der Waals surface area contributed by atoms with Crippen LogP contribution in [-0.2, 0) is 12.8 Å². The molecule has 0 saturated carbocycles. The van der Waals surface area contributed by atoms with Crippen molar-refractivity contribution >= 4 is 21.8 Å². The van der Waals surface area contributed by atoms with E-state index in [2.05, 4.69) is 45.9 Å². The number of benzene rings is 2. The first-order chi connectivity index (χ1) is 12.6. The van der Waals surface area contributed by atoms with Crippen molar-refractivity contribution in [2.75, 3.05) is 0 Å². The number of rotatable bonds is 2. The second kappa shape index (κ2) is 8.00. The monoisotopic (exact) mass is 344 g/mol. The zero-order chi connectivity index (χ0) is 18.5. The Kier molecular flexibility index (Phi) is 5.52. The lowest BCUT2D eigenvalue weighted by atomic mass is 10.2. The molecule has 0 aliphatic carbocycles. The van der Waals surface area contributed by atoms with Gasteiger partial charge < -0.3 is 0 Å². The molecule has 0 amide bonds. The van der Waals surface area contributed by atoms with Crippen molar-refractivity contribution < 1.29 is 0 Å². The van der Waals surface area contributed by atoms with Gasteiger partial charge in [0.25, 0.3) is 0 Å². The van der Waals surface area contributed by atoms with Gasteiger partial charge in [-0.15, -0.1) is 0 Å². The molecule has 0 bridgehead atoms. The summed E-state index contributed by atoms with van der Waals surface area (Å²) in [6.07, 6.45) is 1.79. The number of aryl methyl sites for hydroxylation is 4. The molecule has 0 atom stereocenters. The van der Waals surface area contributed by atoms with Gasteiger partial charge in [0.15, 0.2) is 0 Å². The highest BCUT2D eigenvalue weighted by molar-refractivity contribution is 5.81. The standard InChI is InChI=1S/2C11H12N2/c2*1-3-11-12-8(2)9-6-4-5-7-10(9)13-11/h2*4-7H,3H2,1-2H3. The Morgan fingerprint density at radius 1 is 0.577 bits per heavy atom. The highest BCUT2D eigenvalue weighted by Gasteiger charge is 2.02. The van der Waals surface area contributed by atoms with Crippen molar-refractivity contribution in [3.63, 3.8) is 0 Å². The van der Waals surface area contributed by atoms with Crippen molar-refractivity contribution in [2.24, 2.45) is 0 Å². The van der Waals surface area contributed by atoms with E-state index in [1.165, 1.54) is 0 Å². The molecule has 0 aliphatic rings. The van der Waals surface area contributed by atoms with Crippen molar-refractivity contribution in [3.8, 4) is 0 Å². The zero-order valence-electron chi connectivity index (χ0n) is 15.8. The Labute approximate surface area is 154 Å². The second-order valence-corrected chi connectivity index (χ2v) is 6.19. The number of fused-ring (bicyclic) bond motifs is 2.